The predicted octanol–water partition coefficient (Wildman–Crippen LogP) is 3.94. The molecular weight excluding hydrogens is 640 g/mol. The van der Waals surface area contributed by atoms with Gasteiger partial charge in [0.2, 0.25) is 23.6 Å². The van der Waals surface area contributed by atoms with Gasteiger partial charge >= 0.3 is 11.9 Å². The molecule has 12 nitrogen and oxygen atoms in total. The van der Waals surface area contributed by atoms with Gasteiger partial charge in [0.25, 0.3) is 0 Å². The van der Waals surface area contributed by atoms with E-state index in [1.54, 1.807) is 42.5 Å². The summed E-state index contributed by atoms with van der Waals surface area (Å²) in [5.74, 6) is -4.28. The monoisotopic (exact) mass is 684 g/mol. The Bertz CT molecular complexity index is 1780. The smallest absolute Gasteiger partial charge is 0.326 e. The van der Waals surface area contributed by atoms with Gasteiger partial charge < -0.3 is 31.1 Å². The van der Waals surface area contributed by atoms with Crippen molar-refractivity contribution in [2.24, 2.45) is 5.41 Å². The Labute approximate surface area is 291 Å². The van der Waals surface area contributed by atoms with E-state index in [-0.39, 0.29) is 43.6 Å². The number of amides is 4. The molecule has 5 N–H and O–H groups in total. The summed E-state index contributed by atoms with van der Waals surface area (Å²) in [6, 6.07) is 15.5. The molecule has 3 aromatic carbocycles. The van der Waals surface area contributed by atoms with Gasteiger partial charge in [0.05, 0.1) is 6.42 Å². The molecule has 0 spiro atoms. The van der Waals surface area contributed by atoms with Crippen LogP contribution in [0, 0.1) is 12.3 Å². The third kappa shape index (κ3) is 10.0. The van der Waals surface area contributed by atoms with E-state index in [4.69, 9.17) is 0 Å². The molecule has 0 aromatic heterocycles. The number of hydrogen-bond donors (Lipinski definition) is 5. The van der Waals surface area contributed by atoms with Gasteiger partial charge in [-0.25, -0.2) is 9.59 Å². The highest BCUT2D eigenvalue weighted by atomic mass is 16.4. The first-order valence-electron chi connectivity index (χ1n) is 16.4. The number of aryl methyl sites for hydroxylation is 1. The molecule has 0 bridgehead atoms. The van der Waals surface area contributed by atoms with E-state index in [1.807, 2.05) is 52.0 Å². The van der Waals surface area contributed by atoms with Crippen molar-refractivity contribution in [1.82, 2.24) is 15.5 Å². The zero-order valence-electron chi connectivity index (χ0n) is 28.9. The Morgan fingerprint density at radius 1 is 0.820 bits per heavy atom. The molecular formula is C38H44N4O8. The van der Waals surface area contributed by atoms with Crippen LogP contribution in [-0.4, -0.2) is 62.8 Å². The SMILES string of the molecule is CC(=O)N1Cc2cc(NC(=O)Cc3ccc(C)cc3)ccc2C1C(=O)NC(Cc1ccccc1CC(NC(=O)CC(C)(C)C)C(=O)O)C(=O)O. The van der Waals surface area contributed by atoms with Crippen LogP contribution in [0.4, 0.5) is 5.69 Å². The quantitative estimate of drug-likeness (QED) is 0.179. The lowest BCUT2D eigenvalue weighted by Gasteiger charge is -2.25. The number of benzene rings is 3. The summed E-state index contributed by atoms with van der Waals surface area (Å²) in [6.45, 7) is 8.96. The van der Waals surface area contributed by atoms with Gasteiger partial charge in [-0.1, -0.05) is 80.9 Å². The number of carbonyl (C=O) groups excluding carboxylic acids is 4. The van der Waals surface area contributed by atoms with Crippen LogP contribution in [0.1, 0.15) is 73.5 Å². The standard InChI is InChI=1S/C38H44N4O8/c1-22-10-12-24(13-11-22)16-32(44)39-28-14-15-29-27(17-28)21-42(23(2)43)34(29)35(46)41-31(37(49)50)19-26-9-7-6-8-25(26)18-30(36(47)48)40-33(45)20-38(3,4)5/h6-15,17,30-31,34H,16,18-21H2,1-5H3,(H,39,44)(H,40,45)(H,41,46)(H,47,48)(H,49,50). The summed E-state index contributed by atoms with van der Waals surface area (Å²) in [5.41, 5.74) is 4.23. The molecule has 12 heteroatoms. The van der Waals surface area contributed by atoms with Crippen molar-refractivity contribution < 1.29 is 39.0 Å². The summed E-state index contributed by atoms with van der Waals surface area (Å²) >= 11 is 0. The first-order valence-corrected chi connectivity index (χ1v) is 16.4. The van der Waals surface area contributed by atoms with Gasteiger partial charge in [-0.3, -0.25) is 19.2 Å². The van der Waals surface area contributed by atoms with Crippen LogP contribution in [0.25, 0.3) is 0 Å². The normalized spacial score (nSPS) is 15.0. The molecule has 50 heavy (non-hydrogen) atoms. The molecule has 1 aliphatic rings. The first-order chi connectivity index (χ1) is 23.5. The van der Waals surface area contributed by atoms with E-state index in [1.165, 1.54) is 11.8 Å². The van der Waals surface area contributed by atoms with E-state index < -0.39 is 47.8 Å². The molecule has 3 aromatic rings. The largest absolute Gasteiger partial charge is 0.480 e. The molecule has 1 aliphatic heterocycles. The lowest BCUT2D eigenvalue weighted by molar-refractivity contribution is -0.144. The maximum absolute atomic E-state index is 13.7. The second-order valence-electron chi connectivity index (χ2n) is 13.9. The lowest BCUT2D eigenvalue weighted by atomic mass is 9.91. The van der Waals surface area contributed by atoms with Gasteiger partial charge in [0, 0.05) is 38.4 Å². The fourth-order valence-corrected chi connectivity index (χ4v) is 5.98. The second-order valence-corrected chi connectivity index (χ2v) is 13.9. The van der Waals surface area contributed by atoms with Crippen molar-refractivity contribution in [3.63, 3.8) is 0 Å². The average Bonchev–Trinajstić information content (AvgIpc) is 3.40. The highest BCUT2D eigenvalue weighted by Crippen LogP contribution is 2.36. The number of carboxylic acids is 2. The molecule has 0 radical (unpaired) electrons. The van der Waals surface area contributed by atoms with E-state index in [0.717, 1.165) is 11.1 Å². The van der Waals surface area contributed by atoms with Crippen molar-refractivity contribution in [2.45, 2.75) is 85.0 Å². The van der Waals surface area contributed by atoms with Crippen LogP contribution in [0.3, 0.4) is 0 Å². The van der Waals surface area contributed by atoms with Crippen molar-refractivity contribution in [2.75, 3.05) is 5.32 Å². The van der Waals surface area contributed by atoms with Gasteiger partial charge in [-0.2, -0.15) is 0 Å². The van der Waals surface area contributed by atoms with Crippen molar-refractivity contribution in [1.29, 1.82) is 0 Å². The van der Waals surface area contributed by atoms with Crippen LogP contribution in [0.15, 0.2) is 66.7 Å². The van der Waals surface area contributed by atoms with Crippen LogP contribution in [0.5, 0.6) is 0 Å². The molecule has 4 rings (SSSR count). The van der Waals surface area contributed by atoms with Crippen molar-refractivity contribution in [3.05, 3.63) is 100 Å². The number of carboxylic acid groups (broad SMARTS) is 2. The highest BCUT2D eigenvalue weighted by Gasteiger charge is 2.39. The number of fused-ring (bicyclic) bond motifs is 1. The number of hydrogen-bond acceptors (Lipinski definition) is 6. The Balaban J connectivity index is 1.49. The van der Waals surface area contributed by atoms with Gasteiger partial charge in [-0.05, 0) is 52.3 Å². The zero-order valence-corrected chi connectivity index (χ0v) is 28.9. The third-order valence-electron chi connectivity index (χ3n) is 8.42. The number of carbonyl (C=O) groups is 6. The molecule has 0 aliphatic carbocycles. The first kappa shape index (κ1) is 37.3. The van der Waals surface area contributed by atoms with E-state index in [0.29, 0.717) is 27.9 Å². The topological polar surface area (TPSA) is 182 Å². The summed E-state index contributed by atoms with van der Waals surface area (Å²) < 4.78 is 0. The minimum atomic E-state index is -1.42. The maximum atomic E-state index is 13.7. The fraction of sp³-hybridized carbons (Fsp3) is 0.368. The van der Waals surface area contributed by atoms with Gasteiger partial charge in [0.15, 0.2) is 0 Å². The molecule has 0 saturated carbocycles. The Kier molecular flexibility index (Phi) is 11.8. The summed E-state index contributed by atoms with van der Waals surface area (Å²) in [7, 11) is 0. The number of anilines is 1. The zero-order chi connectivity index (χ0) is 36.7. The van der Waals surface area contributed by atoms with E-state index in [9.17, 15) is 39.0 Å². The summed E-state index contributed by atoms with van der Waals surface area (Å²) in [6.07, 6.45) is 0.0202. The molecule has 3 unspecified atom stereocenters. The summed E-state index contributed by atoms with van der Waals surface area (Å²) in [5, 5.41) is 28.0. The van der Waals surface area contributed by atoms with Crippen LogP contribution < -0.4 is 16.0 Å². The Hall–Kier alpha value is -5.52. The average molecular weight is 685 g/mol. The number of rotatable bonds is 13. The Morgan fingerprint density at radius 3 is 1.94 bits per heavy atom. The van der Waals surface area contributed by atoms with Crippen molar-refractivity contribution in [3.8, 4) is 0 Å². The molecule has 1 heterocycles. The number of nitrogens with one attached hydrogen (secondary N) is 3. The van der Waals surface area contributed by atoms with Crippen LogP contribution in [-0.2, 0) is 54.6 Å². The van der Waals surface area contributed by atoms with Gasteiger partial charge in [-0.15, -0.1) is 0 Å². The molecule has 4 amide bonds. The van der Waals surface area contributed by atoms with Crippen LogP contribution >= 0.6 is 0 Å². The Morgan fingerprint density at radius 2 is 1.40 bits per heavy atom. The third-order valence-corrected chi connectivity index (χ3v) is 8.42. The number of aliphatic carboxylic acids is 2. The van der Waals surface area contributed by atoms with E-state index in [2.05, 4.69) is 16.0 Å². The molecule has 0 fully saturated rings. The van der Waals surface area contributed by atoms with Crippen LogP contribution in [0.2, 0.25) is 0 Å². The van der Waals surface area contributed by atoms with E-state index >= 15 is 0 Å². The predicted molar refractivity (Wildman–Crippen MR) is 186 cm³/mol. The minimum Gasteiger partial charge on any atom is -0.480 e. The number of nitrogens with zero attached hydrogens (tertiary/aromatic N) is 1. The lowest BCUT2D eigenvalue weighted by Crippen LogP contribution is -2.47. The van der Waals surface area contributed by atoms with Crippen molar-refractivity contribution >= 4 is 41.3 Å². The fourth-order valence-electron chi connectivity index (χ4n) is 5.98. The molecule has 0 saturated heterocycles. The maximum Gasteiger partial charge on any atom is 0.326 e. The minimum absolute atomic E-state index is 0.0858. The van der Waals surface area contributed by atoms with Gasteiger partial charge in [0.1, 0.15) is 18.1 Å². The molecule has 3 atom stereocenters. The second kappa shape index (κ2) is 15.8. The summed E-state index contributed by atoms with van der Waals surface area (Å²) in [4.78, 5) is 77.5. The molecule has 264 valence electrons. The highest BCUT2D eigenvalue weighted by molar-refractivity contribution is 5.94.